The number of nitrogens with zero attached hydrogens (tertiary/aromatic N) is 2. The number of benzene rings is 1. The Morgan fingerprint density at radius 3 is 2.76 bits per heavy atom. The molecule has 0 aliphatic carbocycles. The van der Waals surface area contributed by atoms with Gasteiger partial charge in [0, 0.05) is 34.9 Å². The highest BCUT2D eigenvalue weighted by molar-refractivity contribution is 5.94. The van der Waals surface area contributed by atoms with Crippen molar-refractivity contribution in [2.45, 2.75) is 19.9 Å². The first kappa shape index (κ1) is 10.1. The monoisotopic (exact) mass is 225 g/mol. The van der Waals surface area contributed by atoms with Crippen LogP contribution in [0.5, 0.6) is 0 Å². The highest BCUT2D eigenvalue weighted by Gasteiger charge is 2.09. The summed E-state index contributed by atoms with van der Waals surface area (Å²) in [4.78, 5) is 3.28. The Hall–Kier alpha value is -2.03. The van der Waals surface area contributed by atoms with E-state index in [-0.39, 0.29) is 0 Å². The van der Waals surface area contributed by atoms with Crippen LogP contribution in [0.3, 0.4) is 0 Å². The van der Waals surface area contributed by atoms with Crippen LogP contribution in [0.1, 0.15) is 19.9 Å². The van der Waals surface area contributed by atoms with Crippen LogP contribution >= 0.6 is 0 Å². The van der Waals surface area contributed by atoms with Crippen molar-refractivity contribution in [2.24, 2.45) is 0 Å². The van der Waals surface area contributed by atoms with Crippen molar-refractivity contribution in [3.05, 3.63) is 42.7 Å². The maximum absolute atomic E-state index is 4.60. The highest BCUT2D eigenvalue weighted by atomic mass is 15.3. The van der Waals surface area contributed by atoms with Gasteiger partial charge in [-0.2, -0.15) is 5.10 Å². The second-order valence-electron chi connectivity index (χ2n) is 4.52. The predicted octanol–water partition coefficient (Wildman–Crippen LogP) is 3.61. The summed E-state index contributed by atoms with van der Waals surface area (Å²) in [6.45, 7) is 4.26. The molecular weight excluding hydrogens is 210 g/mol. The summed E-state index contributed by atoms with van der Waals surface area (Å²) in [6, 6.07) is 10.8. The van der Waals surface area contributed by atoms with Gasteiger partial charge >= 0.3 is 0 Å². The van der Waals surface area contributed by atoms with Crippen LogP contribution in [-0.4, -0.2) is 14.8 Å². The number of rotatable bonds is 2. The molecule has 86 valence electrons. The molecule has 0 saturated carbocycles. The summed E-state index contributed by atoms with van der Waals surface area (Å²) in [5.74, 6) is 0. The summed E-state index contributed by atoms with van der Waals surface area (Å²) in [5, 5.41) is 5.82. The minimum atomic E-state index is 0.397. The number of aromatic amines is 1. The summed E-state index contributed by atoms with van der Waals surface area (Å²) in [6.07, 6.45) is 4.06. The molecule has 2 heterocycles. The summed E-state index contributed by atoms with van der Waals surface area (Å²) in [7, 11) is 0. The maximum atomic E-state index is 4.60. The van der Waals surface area contributed by atoms with Crippen LogP contribution in [0, 0.1) is 0 Å². The SMILES string of the molecule is CC(C)n1ccc(-c2c[nH]c3ccccc23)n1. The van der Waals surface area contributed by atoms with E-state index in [1.807, 2.05) is 23.1 Å². The van der Waals surface area contributed by atoms with E-state index >= 15 is 0 Å². The largest absolute Gasteiger partial charge is 0.360 e. The topological polar surface area (TPSA) is 33.6 Å². The van der Waals surface area contributed by atoms with E-state index in [2.05, 4.69) is 48.2 Å². The zero-order valence-corrected chi connectivity index (χ0v) is 10.0. The van der Waals surface area contributed by atoms with Crippen LogP contribution in [0.2, 0.25) is 0 Å². The molecule has 0 saturated heterocycles. The summed E-state index contributed by atoms with van der Waals surface area (Å²) in [5.41, 5.74) is 3.35. The average molecular weight is 225 g/mol. The van der Waals surface area contributed by atoms with E-state index < -0.39 is 0 Å². The van der Waals surface area contributed by atoms with Gasteiger partial charge in [0.1, 0.15) is 0 Å². The van der Waals surface area contributed by atoms with Crippen molar-refractivity contribution < 1.29 is 0 Å². The molecule has 1 aromatic carbocycles. The van der Waals surface area contributed by atoms with Gasteiger partial charge in [-0.1, -0.05) is 18.2 Å². The summed E-state index contributed by atoms with van der Waals surface area (Å²) >= 11 is 0. The minimum absolute atomic E-state index is 0.397. The number of nitrogens with one attached hydrogen (secondary N) is 1. The molecule has 0 fully saturated rings. The molecule has 0 bridgehead atoms. The smallest absolute Gasteiger partial charge is 0.0944 e. The van der Waals surface area contributed by atoms with Gasteiger partial charge in [0.2, 0.25) is 0 Å². The quantitative estimate of drug-likeness (QED) is 0.710. The molecule has 3 aromatic rings. The van der Waals surface area contributed by atoms with Gasteiger partial charge in [-0.25, -0.2) is 0 Å². The lowest BCUT2D eigenvalue weighted by Gasteiger charge is -2.03. The fraction of sp³-hybridized carbons (Fsp3) is 0.214. The number of para-hydroxylation sites is 1. The minimum Gasteiger partial charge on any atom is -0.360 e. The van der Waals surface area contributed by atoms with Gasteiger partial charge in [-0.05, 0) is 26.0 Å². The molecule has 17 heavy (non-hydrogen) atoms. The Morgan fingerprint density at radius 2 is 2.00 bits per heavy atom. The first-order valence-corrected chi connectivity index (χ1v) is 5.87. The molecule has 3 nitrogen and oxygen atoms in total. The molecule has 0 aliphatic heterocycles. The van der Waals surface area contributed by atoms with Crippen LogP contribution in [0.25, 0.3) is 22.2 Å². The van der Waals surface area contributed by atoms with Crippen LogP contribution in [-0.2, 0) is 0 Å². The Morgan fingerprint density at radius 1 is 1.18 bits per heavy atom. The van der Waals surface area contributed by atoms with E-state index in [9.17, 15) is 0 Å². The van der Waals surface area contributed by atoms with Crippen LogP contribution in [0.4, 0.5) is 0 Å². The number of fused-ring (bicyclic) bond motifs is 1. The summed E-state index contributed by atoms with van der Waals surface area (Å²) < 4.78 is 1.98. The molecule has 3 rings (SSSR count). The molecule has 0 radical (unpaired) electrons. The van der Waals surface area contributed by atoms with Crippen molar-refractivity contribution in [1.82, 2.24) is 14.8 Å². The lowest BCUT2D eigenvalue weighted by molar-refractivity contribution is 0.534. The number of aromatic nitrogens is 3. The zero-order chi connectivity index (χ0) is 11.8. The second kappa shape index (κ2) is 3.77. The number of hydrogen-bond acceptors (Lipinski definition) is 1. The first-order chi connectivity index (χ1) is 8.25. The highest BCUT2D eigenvalue weighted by Crippen LogP contribution is 2.27. The van der Waals surface area contributed by atoms with Gasteiger partial charge in [0.05, 0.1) is 5.69 Å². The normalized spacial score (nSPS) is 11.5. The van der Waals surface area contributed by atoms with Gasteiger partial charge < -0.3 is 4.98 Å². The van der Waals surface area contributed by atoms with Crippen molar-refractivity contribution >= 4 is 10.9 Å². The molecule has 0 spiro atoms. The van der Waals surface area contributed by atoms with Crippen molar-refractivity contribution in [3.8, 4) is 11.3 Å². The first-order valence-electron chi connectivity index (χ1n) is 5.87. The van der Waals surface area contributed by atoms with Gasteiger partial charge in [-0.15, -0.1) is 0 Å². The molecule has 3 heteroatoms. The van der Waals surface area contributed by atoms with Crippen molar-refractivity contribution in [2.75, 3.05) is 0 Å². The van der Waals surface area contributed by atoms with Gasteiger partial charge in [-0.3, -0.25) is 4.68 Å². The fourth-order valence-corrected chi connectivity index (χ4v) is 2.05. The molecule has 1 N–H and O–H groups in total. The molecule has 2 aromatic heterocycles. The van der Waals surface area contributed by atoms with Crippen LogP contribution in [0.15, 0.2) is 42.7 Å². The van der Waals surface area contributed by atoms with E-state index in [1.165, 1.54) is 10.9 Å². The standard InChI is InChI=1S/C14H15N3/c1-10(2)17-8-7-14(16-17)12-9-15-13-6-4-3-5-11(12)13/h3-10,15H,1-2H3. The average Bonchev–Trinajstić information content (AvgIpc) is 2.95. The van der Waals surface area contributed by atoms with Gasteiger partial charge in [0.25, 0.3) is 0 Å². The van der Waals surface area contributed by atoms with E-state index in [4.69, 9.17) is 0 Å². The zero-order valence-electron chi connectivity index (χ0n) is 10.0. The molecule has 0 unspecified atom stereocenters. The third-order valence-electron chi connectivity index (χ3n) is 3.00. The Kier molecular flexibility index (Phi) is 2.25. The molecule has 0 aliphatic rings. The predicted molar refractivity (Wildman–Crippen MR) is 69.9 cm³/mol. The maximum Gasteiger partial charge on any atom is 0.0944 e. The fourth-order valence-electron chi connectivity index (χ4n) is 2.05. The Bertz CT molecular complexity index is 646. The lowest BCUT2D eigenvalue weighted by atomic mass is 10.1. The third-order valence-corrected chi connectivity index (χ3v) is 3.00. The van der Waals surface area contributed by atoms with Crippen molar-refractivity contribution in [1.29, 1.82) is 0 Å². The van der Waals surface area contributed by atoms with E-state index in [1.54, 1.807) is 0 Å². The Labute approximate surface area is 100 Å². The molecule has 0 atom stereocenters. The van der Waals surface area contributed by atoms with E-state index in [0.717, 1.165) is 11.2 Å². The number of H-pyrrole nitrogens is 1. The second-order valence-corrected chi connectivity index (χ2v) is 4.52. The Balaban J connectivity index is 2.14. The van der Waals surface area contributed by atoms with Crippen molar-refractivity contribution in [3.63, 3.8) is 0 Å². The molecule has 0 amide bonds. The van der Waals surface area contributed by atoms with Crippen LogP contribution < -0.4 is 0 Å². The lowest BCUT2D eigenvalue weighted by Crippen LogP contribution is -2.00. The number of hydrogen-bond donors (Lipinski definition) is 1. The van der Waals surface area contributed by atoms with Gasteiger partial charge in [0.15, 0.2) is 0 Å². The third kappa shape index (κ3) is 1.64. The molecular formula is C14H15N3. The van der Waals surface area contributed by atoms with E-state index in [0.29, 0.717) is 6.04 Å².